The van der Waals surface area contributed by atoms with E-state index >= 15 is 0 Å². The second-order valence-corrected chi connectivity index (χ2v) is 4.68. The number of ketones is 1. The number of ether oxygens (including phenoxy) is 1. The summed E-state index contributed by atoms with van der Waals surface area (Å²) in [5.41, 5.74) is 6.54. The Morgan fingerprint density at radius 1 is 1.09 bits per heavy atom. The largest absolute Gasteiger partial charge is 0.457 e. The molecule has 2 aromatic carbocycles. The Hall–Kier alpha value is -2.66. The van der Waals surface area contributed by atoms with Crippen molar-refractivity contribution in [1.29, 1.82) is 0 Å². The van der Waals surface area contributed by atoms with Gasteiger partial charge in [0.1, 0.15) is 11.5 Å². The molecule has 0 unspecified atom stereocenters. The van der Waals surface area contributed by atoms with E-state index in [1.807, 2.05) is 6.92 Å². The SMILES string of the molecule is CCC(=O)c1ccc(Oc2cccc(NC(=O)CN)c2)cc1. The lowest BCUT2D eigenvalue weighted by Gasteiger charge is -2.09. The lowest BCUT2D eigenvalue weighted by atomic mass is 10.1. The van der Waals surface area contributed by atoms with Crippen LogP contribution in [-0.4, -0.2) is 18.2 Å². The van der Waals surface area contributed by atoms with Gasteiger partial charge in [-0.25, -0.2) is 0 Å². The minimum Gasteiger partial charge on any atom is -0.457 e. The Morgan fingerprint density at radius 2 is 1.82 bits per heavy atom. The summed E-state index contributed by atoms with van der Waals surface area (Å²) in [6, 6.07) is 14.0. The summed E-state index contributed by atoms with van der Waals surface area (Å²) >= 11 is 0. The number of carbonyl (C=O) groups is 2. The summed E-state index contributed by atoms with van der Waals surface area (Å²) in [7, 11) is 0. The van der Waals surface area contributed by atoms with Gasteiger partial charge in [0.05, 0.1) is 6.54 Å². The van der Waals surface area contributed by atoms with Crippen LogP contribution in [0.5, 0.6) is 11.5 Å². The van der Waals surface area contributed by atoms with Gasteiger partial charge in [0, 0.05) is 23.7 Å². The molecule has 0 aromatic heterocycles. The second-order valence-electron chi connectivity index (χ2n) is 4.68. The molecule has 0 atom stereocenters. The highest BCUT2D eigenvalue weighted by atomic mass is 16.5. The molecule has 5 heteroatoms. The summed E-state index contributed by atoms with van der Waals surface area (Å²) < 4.78 is 5.71. The molecule has 0 spiro atoms. The van der Waals surface area contributed by atoms with E-state index in [4.69, 9.17) is 10.5 Å². The first kappa shape index (κ1) is 15.7. The standard InChI is InChI=1S/C17H18N2O3/c1-2-16(20)12-6-8-14(9-7-12)22-15-5-3-4-13(10-15)19-17(21)11-18/h3-10H,2,11,18H2,1H3,(H,19,21). The molecule has 3 N–H and O–H groups in total. The van der Waals surface area contributed by atoms with Gasteiger partial charge in [-0.2, -0.15) is 0 Å². The number of Topliss-reactive ketones (excluding diaryl/α,β-unsaturated/α-hetero) is 1. The van der Waals surface area contributed by atoms with E-state index in [2.05, 4.69) is 5.32 Å². The molecule has 5 nitrogen and oxygen atoms in total. The minimum atomic E-state index is -0.264. The van der Waals surface area contributed by atoms with Crippen molar-refractivity contribution in [2.45, 2.75) is 13.3 Å². The Balaban J connectivity index is 2.08. The van der Waals surface area contributed by atoms with Crippen molar-refractivity contribution in [3.8, 4) is 11.5 Å². The zero-order valence-electron chi connectivity index (χ0n) is 12.3. The van der Waals surface area contributed by atoms with Crippen LogP contribution in [0.3, 0.4) is 0 Å². The lowest BCUT2D eigenvalue weighted by molar-refractivity contribution is -0.114. The third kappa shape index (κ3) is 4.17. The average molecular weight is 298 g/mol. The highest BCUT2D eigenvalue weighted by molar-refractivity contribution is 5.95. The molecule has 114 valence electrons. The summed E-state index contributed by atoms with van der Waals surface area (Å²) in [4.78, 5) is 22.8. The Labute approximate surface area is 129 Å². The van der Waals surface area contributed by atoms with Crippen LogP contribution < -0.4 is 15.8 Å². The number of carbonyl (C=O) groups excluding carboxylic acids is 2. The van der Waals surface area contributed by atoms with E-state index in [1.54, 1.807) is 48.5 Å². The maximum Gasteiger partial charge on any atom is 0.238 e. The van der Waals surface area contributed by atoms with Gasteiger partial charge < -0.3 is 15.8 Å². The van der Waals surface area contributed by atoms with Crippen LogP contribution in [0.2, 0.25) is 0 Å². The first-order valence-electron chi connectivity index (χ1n) is 7.03. The van der Waals surface area contributed by atoms with Crippen LogP contribution >= 0.6 is 0 Å². The summed E-state index contributed by atoms with van der Waals surface area (Å²) in [5, 5.41) is 2.66. The van der Waals surface area contributed by atoms with E-state index < -0.39 is 0 Å². The van der Waals surface area contributed by atoms with E-state index in [9.17, 15) is 9.59 Å². The third-order valence-electron chi connectivity index (χ3n) is 3.04. The predicted octanol–water partition coefficient (Wildman–Crippen LogP) is 2.97. The monoisotopic (exact) mass is 298 g/mol. The molecule has 0 aliphatic rings. The van der Waals surface area contributed by atoms with E-state index in [-0.39, 0.29) is 18.2 Å². The van der Waals surface area contributed by atoms with Crippen molar-refractivity contribution in [1.82, 2.24) is 0 Å². The topological polar surface area (TPSA) is 81.4 Å². The number of nitrogens with two attached hydrogens (primary N) is 1. The fourth-order valence-corrected chi connectivity index (χ4v) is 1.90. The molecule has 0 aliphatic carbocycles. The quantitative estimate of drug-likeness (QED) is 0.803. The molecular weight excluding hydrogens is 280 g/mol. The normalized spacial score (nSPS) is 10.1. The van der Waals surface area contributed by atoms with Gasteiger partial charge in [-0.3, -0.25) is 9.59 Å². The Morgan fingerprint density at radius 3 is 2.45 bits per heavy atom. The molecule has 0 saturated carbocycles. The van der Waals surface area contributed by atoms with Gasteiger partial charge in [-0.15, -0.1) is 0 Å². The van der Waals surface area contributed by atoms with Gasteiger partial charge in [0.15, 0.2) is 5.78 Å². The maximum absolute atomic E-state index is 11.6. The molecule has 0 fully saturated rings. The molecule has 0 bridgehead atoms. The number of anilines is 1. The van der Waals surface area contributed by atoms with Gasteiger partial charge in [0.2, 0.25) is 5.91 Å². The van der Waals surface area contributed by atoms with Gasteiger partial charge in [-0.1, -0.05) is 13.0 Å². The first-order valence-corrected chi connectivity index (χ1v) is 7.03. The number of hydrogen-bond donors (Lipinski definition) is 2. The van der Waals surface area contributed by atoms with Crippen molar-refractivity contribution < 1.29 is 14.3 Å². The predicted molar refractivity (Wildman–Crippen MR) is 85.3 cm³/mol. The van der Waals surface area contributed by atoms with Crippen molar-refractivity contribution in [3.05, 3.63) is 54.1 Å². The molecule has 1 amide bonds. The molecule has 2 rings (SSSR count). The first-order chi connectivity index (χ1) is 10.6. The molecule has 0 heterocycles. The molecule has 2 aromatic rings. The van der Waals surface area contributed by atoms with Crippen LogP contribution in [-0.2, 0) is 4.79 Å². The van der Waals surface area contributed by atoms with Crippen molar-refractivity contribution in [2.24, 2.45) is 5.73 Å². The number of benzene rings is 2. The Kier molecular flexibility index (Phi) is 5.27. The van der Waals surface area contributed by atoms with Crippen molar-refractivity contribution >= 4 is 17.4 Å². The number of rotatable bonds is 6. The van der Waals surface area contributed by atoms with Crippen LogP contribution in [0.4, 0.5) is 5.69 Å². The van der Waals surface area contributed by atoms with Crippen molar-refractivity contribution in [3.63, 3.8) is 0 Å². The average Bonchev–Trinajstić information content (AvgIpc) is 2.55. The molecular formula is C17H18N2O3. The van der Waals surface area contributed by atoms with Gasteiger partial charge in [-0.05, 0) is 36.4 Å². The number of nitrogens with one attached hydrogen (secondary N) is 1. The smallest absolute Gasteiger partial charge is 0.238 e. The highest BCUT2D eigenvalue weighted by Gasteiger charge is 2.05. The Bertz CT molecular complexity index is 666. The van der Waals surface area contributed by atoms with Crippen LogP contribution in [0.15, 0.2) is 48.5 Å². The lowest BCUT2D eigenvalue weighted by Crippen LogP contribution is -2.21. The summed E-state index contributed by atoms with van der Waals surface area (Å²) in [5.74, 6) is 1.04. The number of hydrogen-bond acceptors (Lipinski definition) is 4. The minimum absolute atomic E-state index is 0.0714. The van der Waals surface area contributed by atoms with Crippen molar-refractivity contribution in [2.75, 3.05) is 11.9 Å². The zero-order valence-corrected chi connectivity index (χ0v) is 12.3. The van der Waals surface area contributed by atoms with Gasteiger partial charge >= 0.3 is 0 Å². The molecule has 22 heavy (non-hydrogen) atoms. The van der Waals surface area contributed by atoms with E-state index in [0.29, 0.717) is 29.2 Å². The molecule has 0 aliphatic heterocycles. The maximum atomic E-state index is 11.6. The zero-order chi connectivity index (χ0) is 15.9. The summed E-state index contributed by atoms with van der Waals surface area (Å²) in [6.07, 6.45) is 0.475. The fourth-order valence-electron chi connectivity index (χ4n) is 1.90. The fraction of sp³-hybridized carbons (Fsp3) is 0.176. The third-order valence-corrected chi connectivity index (χ3v) is 3.04. The van der Waals surface area contributed by atoms with Gasteiger partial charge in [0.25, 0.3) is 0 Å². The van der Waals surface area contributed by atoms with Crippen LogP contribution in [0.25, 0.3) is 0 Å². The van der Waals surface area contributed by atoms with Crippen LogP contribution in [0.1, 0.15) is 23.7 Å². The molecule has 0 radical (unpaired) electrons. The van der Waals surface area contributed by atoms with Crippen LogP contribution in [0, 0.1) is 0 Å². The van der Waals surface area contributed by atoms with E-state index in [1.165, 1.54) is 0 Å². The number of amides is 1. The second kappa shape index (κ2) is 7.38. The summed E-state index contributed by atoms with van der Waals surface area (Å²) in [6.45, 7) is 1.76. The highest BCUT2D eigenvalue weighted by Crippen LogP contribution is 2.24. The van der Waals surface area contributed by atoms with E-state index in [0.717, 1.165) is 0 Å². The molecule has 0 saturated heterocycles.